The number of aliphatic hydroxyl groups is 1. The maximum absolute atomic E-state index is 14.8. The van der Waals surface area contributed by atoms with Gasteiger partial charge in [-0.2, -0.15) is 0 Å². The van der Waals surface area contributed by atoms with Crippen LogP contribution >= 0.6 is 11.8 Å². The zero-order chi connectivity index (χ0) is 31.6. The first-order chi connectivity index (χ1) is 21.2. The largest absolute Gasteiger partial charge is 0.394 e. The van der Waals surface area contributed by atoms with E-state index in [1.54, 1.807) is 38.6 Å². The minimum atomic E-state index is -0.798. The summed E-state index contributed by atoms with van der Waals surface area (Å²) in [6.45, 7) is 15.1. The molecular weight excluding hydrogens is 570 g/mol. The van der Waals surface area contributed by atoms with Crippen LogP contribution < -0.4 is 0 Å². The number of hydrogen-bond acceptors (Lipinski definition) is 5. The van der Waals surface area contributed by atoms with Crippen molar-refractivity contribution in [2.45, 2.75) is 62.4 Å². The highest BCUT2D eigenvalue weighted by Crippen LogP contribution is 2.69. The molecule has 0 aliphatic carbocycles. The normalized spacial score (nSPS) is 27.7. The predicted octanol–water partition coefficient (Wildman–Crippen LogP) is 4.77. The van der Waals surface area contributed by atoms with Crippen LogP contribution in [0.4, 0.5) is 0 Å². The molecule has 3 heterocycles. The number of aliphatic hydroxyl groups excluding tert-OH is 1. The predicted molar refractivity (Wildman–Crippen MR) is 175 cm³/mol. The van der Waals surface area contributed by atoms with E-state index in [0.29, 0.717) is 26.2 Å². The first kappa shape index (κ1) is 32.0. The van der Waals surface area contributed by atoms with Gasteiger partial charge in [-0.1, -0.05) is 93.6 Å². The minimum Gasteiger partial charge on any atom is -0.394 e. The van der Waals surface area contributed by atoms with E-state index in [1.165, 1.54) is 0 Å². The molecule has 2 aromatic rings. The summed E-state index contributed by atoms with van der Waals surface area (Å²) in [6, 6.07) is 18.3. The summed E-state index contributed by atoms with van der Waals surface area (Å²) in [5.41, 5.74) is 2.00. The summed E-state index contributed by atoms with van der Waals surface area (Å²) in [4.78, 5) is 49.3. The van der Waals surface area contributed by atoms with E-state index in [4.69, 9.17) is 0 Å². The molecular formula is C36H45N3O4S. The number of likely N-dealkylation sites (tertiary alicyclic amines) is 1. The van der Waals surface area contributed by atoms with E-state index in [1.807, 2.05) is 74.5 Å². The van der Waals surface area contributed by atoms with E-state index in [2.05, 4.69) is 20.1 Å². The lowest BCUT2D eigenvalue weighted by Gasteiger charge is -2.43. The molecule has 0 saturated carbocycles. The molecule has 8 heteroatoms. The molecule has 5 rings (SSSR count). The van der Waals surface area contributed by atoms with Crippen LogP contribution in [-0.2, 0) is 27.5 Å². The van der Waals surface area contributed by atoms with Crippen molar-refractivity contribution >= 4 is 29.5 Å². The zero-order valence-electron chi connectivity index (χ0n) is 26.0. The van der Waals surface area contributed by atoms with Gasteiger partial charge >= 0.3 is 0 Å². The highest BCUT2D eigenvalue weighted by atomic mass is 32.2. The van der Waals surface area contributed by atoms with Gasteiger partial charge in [-0.3, -0.25) is 14.4 Å². The average Bonchev–Trinajstić information content (AvgIpc) is 3.61. The van der Waals surface area contributed by atoms with Crippen LogP contribution in [0.2, 0.25) is 0 Å². The molecule has 3 aliphatic heterocycles. The number of benzene rings is 2. The van der Waals surface area contributed by atoms with Gasteiger partial charge in [-0.05, 0) is 29.4 Å². The standard InChI is InChI=1S/C36H45N3O4S/c1-6-18-37(21-26-14-10-8-11-15-26)33(41)30-29-20-25(5)36(44-29)31(30)34(42)39(28(23-40)24(3)4)32(36)35(43)38(19-7-2)22-27-16-12-9-13-17-27/h6-17,24-25,28-32,40H,1-2,18-23H2,3-5H3/t25?,28-,29-,30+,31-,32?,36?/m0/s1. The Labute approximate surface area is 266 Å². The summed E-state index contributed by atoms with van der Waals surface area (Å²) in [7, 11) is 0. The number of carbonyl (C=O) groups is 3. The molecule has 3 fully saturated rings. The lowest BCUT2D eigenvalue weighted by atomic mass is 9.65. The second kappa shape index (κ2) is 13.3. The Hall–Kier alpha value is -3.36. The van der Waals surface area contributed by atoms with Gasteiger partial charge in [0.1, 0.15) is 6.04 Å². The van der Waals surface area contributed by atoms with Gasteiger partial charge in [0, 0.05) is 31.4 Å². The molecule has 3 unspecified atom stereocenters. The average molecular weight is 616 g/mol. The third-order valence-corrected chi connectivity index (χ3v) is 11.8. The highest BCUT2D eigenvalue weighted by molar-refractivity contribution is 8.02. The number of nitrogens with zero attached hydrogens (tertiary/aromatic N) is 3. The molecule has 2 bridgehead atoms. The topological polar surface area (TPSA) is 81.2 Å². The van der Waals surface area contributed by atoms with E-state index in [0.717, 1.165) is 17.5 Å². The van der Waals surface area contributed by atoms with Crippen molar-refractivity contribution in [2.75, 3.05) is 19.7 Å². The van der Waals surface area contributed by atoms with E-state index in [9.17, 15) is 19.5 Å². The fraction of sp³-hybridized carbons (Fsp3) is 0.472. The molecule has 3 amide bonds. The zero-order valence-corrected chi connectivity index (χ0v) is 26.9. The number of thioether (sulfide) groups is 1. The Morgan fingerprint density at radius 3 is 1.98 bits per heavy atom. The molecule has 7 nitrogen and oxygen atoms in total. The first-order valence-electron chi connectivity index (χ1n) is 15.7. The summed E-state index contributed by atoms with van der Waals surface area (Å²) >= 11 is 1.67. The third kappa shape index (κ3) is 5.51. The minimum absolute atomic E-state index is 0.0326. The van der Waals surface area contributed by atoms with Crippen molar-refractivity contribution in [1.29, 1.82) is 0 Å². The monoisotopic (exact) mass is 615 g/mol. The quantitative estimate of drug-likeness (QED) is 0.329. The van der Waals surface area contributed by atoms with E-state index in [-0.39, 0.29) is 41.4 Å². The van der Waals surface area contributed by atoms with Crippen LogP contribution in [0.5, 0.6) is 0 Å². The van der Waals surface area contributed by atoms with Crippen LogP contribution in [0.25, 0.3) is 0 Å². The highest BCUT2D eigenvalue weighted by Gasteiger charge is 2.77. The molecule has 44 heavy (non-hydrogen) atoms. The van der Waals surface area contributed by atoms with Crippen LogP contribution in [0.15, 0.2) is 86.0 Å². The van der Waals surface area contributed by atoms with Gasteiger partial charge in [0.05, 0.1) is 29.2 Å². The summed E-state index contributed by atoms with van der Waals surface area (Å²) in [5, 5.41) is 10.5. The second-order valence-electron chi connectivity index (χ2n) is 12.8. The molecule has 3 aliphatic rings. The van der Waals surface area contributed by atoms with Crippen LogP contribution in [0, 0.1) is 23.7 Å². The van der Waals surface area contributed by atoms with Gasteiger partial charge in [-0.25, -0.2) is 0 Å². The van der Waals surface area contributed by atoms with Crippen LogP contribution in [0.1, 0.15) is 38.3 Å². The smallest absolute Gasteiger partial charge is 0.247 e. The molecule has 1 spiro atoms. The number of amides is 3. The fourth-order valence-corrected chi connectivity index (χ4v) is 10.2. The summed E-state index contributed by atoms with van der Waals surface area (Å²) in [5.74, 6) is -1.66. The molecule has 7 atom stereocenters. The van der Waals surface area contributed by atoms with Gasteiger partial charge in [-0.15, -0.1) is 24.9 Å². The molecule has 3 saturated heterocycles. The Morgan fingerprint density at radius 2 is 1.50 bits per heavy atom. The maximum Gasteiger partial charge on any atom is 0.247 e. The van der Waals surface area contributed by atoms with Crippen molar-refractivity contribution < 1.29 is 19.5 Å². The first-order valence-corrected chi connectivity index (χ1v) is 16.6. The Kier molecular flexibility index (Phi) is 9.71. The van der Waals surface area contributed by atoms with E-state index >= 15 is 0 Å². The molecule has 0 radical (unpaired) electrons. The molecule has 234 valence electrons. The Bertz CT molecular complexity index is 1370. The van der Waals surface area contributed by atoms with Crippen molar-refractivity contribution in [3.05, 3.63) is 97.1 Å². The Balaban J connectivity index is 1.57. The van der Waals surface area contributed by atoms with Crippen molar-refractivity contribution in [3.63, 3.8) is 0 Å². The lowest BCUT2D eigenvalue weighted by Crippen LogP contribution is -2.60. The van der Waals surface area contributed by atoms with Crippen molar-refractivity contribution in [3.8, 4) is 0 Å². The second-order valence-corrected chi connectivity index (χ2v) is 14.3. The van der Waals surface area contributed by atoms with Gasteiger partial charge in [0.25, 0.3) is 0 Å². The van der Waals surface area contributed by atoms with Gasteiger partial charge in [0.2, 0.25) is 17.7 Å². The molecule has 1 N–H and O–H groups in total. The SMILES string of the molecule is C=CCN(Cc1ccccc1)C(=O)C1N([C@@H](CO)C(C)C)C(=O)[C@@H]2[C@H](C(=O)N(CC=C)Cc3ccccc3)[C@@H]3CC(C)C12S3. The van der Waals surface area contributed by atoms with Crippen molar-refractivity contribution in [2.24, 2.45) is 23.7 Å². The van der Waals surface area contributed by atoms with Crippen molar-refractivity contribution in [1.82, 2.24) is 14.7 Å². The number of rotatable bonds is 13. The lowest BCUT2D eigenvalue weighted by molar-refractivity contribution is -0.148. The summed E-state index contributed by atoms with van der Waals surface area (Å²) in [6.07, 6.45) is 4.20. The van der Waals surface area contributed by atoms with Crippen LogP contribution in [-0.4, -0.2) is 79.3 Å². The number of carbonyl (C=O) groups excluding carboxylic acids is 3. The molecule has 2 aromatic carbocycles. The number of hydrogen-bond donors (Lipinski definition) is 1. The third-order valence-electron chi connectivity index (χ3n) is 9.77. The van der Waals surface area contributed by atoms with Gasteiger partial charge < -0.3 is 19.8 Å². The fourth-order valence-electron chi connectivity index (χ4n) is 7.77. The van der Waals surface area contributed by atoms with Gasteiger partial charge in [0.15, 0.2) is 0 Å². The van der Waals surface area contributed by atoms with E-state index < -0.39 is 28.7 Å². The Morgan fingerprint density at radius 1 is 0.977 bits per heavy atom. The number of fused-ring (bicyclic) bond motifs is 1. The maximum atomic E-state index is 14.8. The van der Waals surface area contributed by atoms with Crippen LogP contribution in [0.3, 0.4) is 0 Å². The summed E-state index contributed by atoms with van der Waals surface area (Å²) < 4.78 is -0.774. The molecule has 0 aromatic heterocycles.